The van der Waals surface area contributed by atoms with Crippen LogP contribution >= 0.6 is 0 Å². The average Bonchev–Trinajstić information content (AvgIpc) is 2.43. The lowest BCUT2D eigenvalue weighted by Crippen LogP contribution is -2.41. The molecule has 1 rings (SSSR count). The molecule has 0 bridgehead atoms. The maximum absolute atomic E-state index is 11.2. The third-order valence-electron chi connectivity index (χ3n) is 2.37. The minimum Gasteiger partial charge on any atom is -0.342 e. The van der Waals surface area contributed by atoms with E-state index in [0.717, 1.165) is 25.9 Å². The quantitative estimate of drug-likeness (QED) is 0.667. The van der Waals surface area contributed by atoms with Gasteiger partial charge in [0.1, 0.15) is 0 Å². The van der Waals surface area contributed by atoms with Crippen LogP contribution in [-0.2, 0) is 4.79 Å². The predicted molar refractivity (Wildman–Crippen MR) is 73.3 cm³/mol. The Morgan fingerprint density at radius 1 is 1.29 bits per heavy atom. The number of rotatable bonds is 1. The summed E-state index contributed by atoms with van der Waals surface area (Å²) in [5.41, 5.74) is 9.78. The van der Waals surface area contributed by atoms with Crippen LogP contribution in [0.15, 0.2) is 0 Å². The molecule has 1 heterocycles. The molecule has 0 aromatic carbocycles. The van der Waals surface area contributed by atoms with Crippen molar-refractivity contribution in [2.75, 3.05) is 26.7 Å². The largest absolute Gasteiger partial charge is 0.342 e. The number of likely N-dealkylation sites (tertiary alicyclic amines) is 1. The Morgan fingerprint density at radius 3 is 2.12 bits per heavy atom. The predicted octanol–water partition coefficient (Wildman–Crippen LogP) is 0.808. The zero-order valence-corrected chi connectivity index (χ0v) is 11.6. The SMILES string of the molecule is CC.CC#CC1CCN(C(=O)CN)CC1.CN. The summed E-state index contributed by atoms with van der Waals surface area (Å²) in [5, 5.41) is 0. The molecular formula is C13H27N3O. The van der Waals surface area contributed by atoms with Crippen LogP contribution in [0.3, 0.4) is 0 Å². The monoisotopic (exact) mass is 241 g/mol. The number of piperidine rings is 1. The van der Waals surface area contributed by atoms with Crippen molar-refractivity contribution in [3.63, 3.8) is 0 Å². The zero-order chi connectivity index (χ0) is 13.7. The van der Waals surface area contributed by atoms with E-state index in [1.54, 1.807) is 0 Å². The third-order valence-corrected chi connectivity index (χ3v) is 2.37. The van der Waals surface area contributed by atoms with Gasteiger partial charge in [0.25, 0.3) is 0 Å². The Kier molecular flexibility index (Phi) is 14.0. The summed E-state index contributed by atoms with van der Waals surface area (Å²) in [7, 11) is 1.50. The molecule has 0 atom stereocenters. The van der Waals surface area contributed by atoms with Crippen LogP contribution < -0.4 is 11.5 Å². The van der Waals surface area contributed by atoms with Crippen LogP contribution in [-0.4, -0.2) is 37.5 Å². The summed E-state index contributed by atoms with van der Waals surface area (Å²) in [6, 6.07) is 0. The molecule has 4 heteroatoms. The van der Waals surface area contributed by atoms with E-state index in [2.05, 4.69) is 17.6 Å². The van der Waals surface area contributed by atoms with Crippen molar-refractivity contribution >= 4 is 5.91 Å². The smallest absolute Gasteiger partial charge is 0.236 e. The van der Waals surface area contributed by atoms with Gasteiger partial charge in [-0.1, -0.05) is 13.8 Å². The lowest BCUT2D eigenvalue weighted by atomic mass is 9.97. The van der Waals surface area contributed by atoms with Crippen LogP contribution in [0.4, 0.5) is 0 Å². The topological polar surface area (TPSA) is 72.3 Å². The first-order chi connectivity index (χ1) is 8.27. The minimum atomic E-state index is 0.0582. The number of carbonyl (C=O) groups excluding carboxylic acids is 1. The van der Waals surface area contributed by atoms with Crippen molar-refractivity contribution in [1.29, 1.82) is 0 Å². The van der Waals surface area contributed by atoms with E-state index in [9.17, 15) is 4.79 Å². The fourth-order valence-electron chi connectivity index (χ4n) is 1.61. The average molecular weight is 241 g/mol. The number of hydrogen-bond donors (Lipinski definition) is 2. The Labute approximate surface area is 106 Å². The summed E-state index contributed by atoms with van der Waals surface area (Å²) < 4.78 is 0. The first-order valence-corrected chi connectivity index (χ1v) is 6.25. The van der Waals surface area contributed by atoms with E-state index in [-0.39, 0.29) is 12.5 Å². The number of amides is 1. The molecular weight excluding hydrogens is 214 g/mol. The van der Waals surface area contributed by atoms with Crippen LogP contribution in [0.1, 0.15) is 33.6 Å². The second kappa shape index (κ2) is 13.0. The standard InChI is InChI=1S/C10H16N2O.C2H6.CH5N/c1-2-3-9-4-6-12(7-5-9)10(13)8-11;2*1-2/h9H,4-8,11H2,1H3;1-2H3;2H2,1H3. The highest BCUT2D eigenvalue weighted by molar-refractivity contribution is 5.78. The fourth-order valence-corrected chi connectivity index (χ4v) is 1.61. The van der Waals surface area contributed by atoms with Crippen molar-refractivity contribution in [2.45, 2.75) is 33.6 Å². The van der Waals surface area contributed by atoms with Crippen LogP contribution in [0.2, 0.25) is 0 Å². The van der Waals surface area contributed by atoms with Crippen LogP contribution in [0.5, 0.6) is 0 Å². The summed E-state index contributed by atoms with van der Waals surface area (Å²) in [6.45, 7) is 7.62. The highest BCUT2D eigenvalue weighted by atomic mass is 16.2. The highest BCUT2D eigenvalue weighted by Crippen LogP contribution is 2.15. The maximum Gasteiger partial charge on any atom is 0.236 e. The third kappa shape index (κ3) is 7.78. The number of carbonyl (C=O) groups is 1. The van der Waals surface area contributed by atoms with Gasteiger partial charge in [-0.25, -0.2) is 0 Å². The lowest BCUT2D eigenvalue weighted by Gasteiger charge is -2.29. The molecule has 4 N–H and O–H groups in total. The van der Waals surface area contributed by atoms with Gasteiger partial charge >= 0.3 is 0 Å². The second-order valence-corrected chi connectivity index (χ2v) is 3.25. The van der Waals surface area contributed by atoms with E-state index >= 15 is 0 Å². The molecule has 100 valence electrons. The van der Waals surface area contributed by atoms with Gasteiger partial charge in [0, 0.05) is 19.0 Å². The Balaban J connectivity index is 0. The van der Waals surface area contributed by atoms with Gasteiger partial charge < -0.3 is 16.4 Å². The molecule has 1 saturated heterocycles. The first kappa shape index (κ1) is 18.3. The number of hydrogen-bond acceptors (Lipinski definition) is 3. The first-order valence-electron chi connectivity index (χ1n) is 6.25. The van der Waals surface area contributed by atoms with Gasteiger partial charge in [-0.05, 0) is 26.8 Å². The van der Waals surface area contributed by atoms with Crippen molar-refractivity contribution < 1.29 is 4.79 Å². The van der Waals surface area contributed by atoms with Gasteiger partial charge in [-0.2, -0.15) is 0 Å². The molecule has 1 aliphatic rings. The van der Waals surface area contributed by atoms with Gasteiger partial charge in [0.05, 0.1) is 6.54 Å². The maximum atomic E-state index is 11.2. The van der Waals surface area contributed by atoms with Gasteiger partial charge in [0.2, 0.25) is 5.91 Å². The van der Waals surface area contributed by atoms with Crippen molar-refractivity contribution in [3.05, 3.63) is 0 Å². The van der Waals surface area contributed by atoms with E-state index in [0.29, 0.717) is 5.92 Å². The molecule has 0 spiro atoms. The molecule has 0 unspecified atom stereocenters. The molecule has 0 aromatic rings. The summed E-state index contributed by atoms with van der Waals surface area (Å²) in [6.07, 6.45) is 1.99. The van der Waals surface area contributed by atoms with Crippen LogP contribution in [0.25, 0.3) is 0 Å². The van der Waals surface area contributed by atoms with Crippen molar-refractivity contribution in [2.24, 2.45) is 17.4 Å². The Bertz CT molecular complexity index is 235. The van der Waals surface area contributed by atoms with E-state index in [1.165, 1.54) is 7.05 Å². The van der Waals surface area contributed by atoms with Crippen LogP contribution in [0, 0.1) is 17.8 Å². The number of nitrogens with zero attached hydrogens (tertiary/aromatic N) is 1. The summed E-state index contributed by atoms with van der Waals surface area (Å²) in [4.78, 5) is 13.0. The van der Waals surface area contributed by atoms with E-state index in [1.807, 2.05) is 25.7 Å². The molecule has 0 saturated carbocycles. The Hall–Kier alpha value is -1.05. The van der Waals surface area contributed by atoms with Crippen molar-refractivity contribution in [3.8, 4) is 11.8 Å². The molecule has 0 aliphatic carbocycles. The van der Waals surface area contributed by atoms with E-state index in [4.69, 9.17) is 5.73 Å². The minimum absolute atomic E-state index is 0.0582. The molecule has 17 heavy (non-hydrogen) atoms. The second-order valence-electron chi connectivity index (χ2n) is 3.25. The van der Waals surface area contributed by atoms with Crippen molar-refractivity contribution in [1.82, 2.24) is 4.90 Å². The summed E-state index contributed by atoms with van der Waals surface area (Å²) >= 11 is 0. The zero-order valence-electron chi connectivity index (χ0n) is 11.6. The molecule has 0 radical (unpaired) electrons. The fraction of sp³-hybridized carbons (Fsp3) is 0.769. The van der Waals surface area contributed by atoms with Gasteiger partial charge in [-0.3, -0.25) is 4.79 Å². The molecule has 1 aliphatic heterocycles. The Morgan fingerprint density at radius 2 is 1.76 bits per heavy atom. The number of nitrogens with two attached hydrogens (primary N) is 2. The van der Waals surface area contributed by atoms with Gasteiger partial charge in [0.15, 0.2) is 0 Å². The van der Waals surface area contributed by atoms with E-state index < -0.39 is 0 Å². The summed E-state index contributed by atoms with van der Waals surface area (Å²) in [5.74, 6) is 6.60. The molecule has 1 fully saturated rings. The van der Waals surface area contributed by atoms with Gasteiger partial charge in [-0.15, -0.1) is 11.8 Å². The highest BCUT2D eigenvalue weighted by Gasteiger charge is 2.20. The lowest BCUT2D eigenvalue weighted by molar-refractivity contribution is -0.130. The molecule has 1 amide bonds. The normalized spacial score (nSPS) is 14.4. The molecule has 0 aromatic heterocycles. The molecule has 4 nitrogen and oxygen atoms in total.